The van der Waals surface area contributed by atoms with Crippen LogP contribution in [0.3, 0.4) is 0 Å². The van der Waals surface area contributed by atoms with Gasteiger partial charge in [0.25, 0.3) is 0 Å². The van der Waals surface area contributed by atoms with Gasteiger partial charge in [0.05, 0.1) is 0 Å². The van der Waals surface area contributed by atoms with Crippen molar-refractivity contribution >= 4 is 11.6 Å². The lowest BCUT2D eigenvalue weighted by Gasteiger charge is -2.11. The van der Waals surface area contributed by atoms with Crippen LogP contribution in [0.1, 0.15) is 19.4 Å². The predicted octanol–water partition coefficient (Wildman–Crippen LogP) is 2.28. The van der Waals surface area contributed by atoms with Gasteiger partial charge in [0, 0.05) is 25.1 Å². The molecule has 0 aliphatic carbocycles. The zero-order valence-electron chi connectivity index (χ0n) is 10.1. The van der Waals surface area contributed by atoms with Gasteiger partial charge in [-0.15, -0.1) is 0 Å². The van der Waals surface area contributed by atoms with Gasteiger partial charge in [0.15, 0.2) is 5.82 Å². The summed E-state index contributed by atoms with van der Waals surface area (Å²) < 4.78 is 26.9. The zero-order chi connectivity index (χ0) is 13.0. The van der Waals surface area contributed by atoms with Crippen molar-refractivity contribution in [1.82, 2.24) is 5.32 Å². The molecule has 3 nitrogen and oxygen atoms in total. The molecule has 0 spiro atoms. The SMILES string of the molecule is CNc1c(F)ccc(CNC(=O)C(C)C)c1F. The molecule has 94 valence electrons. The van der Waals surface area contributed by atoms with Crippen LogP contribution in [0.5, 0.6) is 0 Å². The van der Waals surface area contributed by atoms with E-state index in [1.54, 1.807) is 13.8 Å². The molecular formula is C12H16F2N2O. The summed E-state index contributed by atoms with van der Waals surface area (Å²) in [6.07, 6.45) is 0. The van der Waals surface area contributed by atoms with E-state index in [0.717, 1.165) is 0 Å². The summed E-state index contributed by atoms with van der Waals surface area (Å²) >= 11 is 0. The highest BCUT2D eigenvalue weighted by Crippen LogP contribution is 2.21. The number of rotatable bonds is 4. The molecule has 1 aromatic rings. The van der Waals surface area contributed by atoms with Gasteiger partial charge in [-0.2, -0.15) is 0 Å². The number of anilines is 1. The van der Waals surface area contributed by atoms with Crippen molar-refractivity contribution < 1.29 is 13.6 Å². The molecule has 0 unspecified atom stereocenters. The fourth-order valence-electron chi connectivity index (χ4n) is 1.35. The first-order valence-electron chi connectivity index (χ1n) is 5.39. The van der Waals surface area contributed by atoms with E-state index in [9.17, 15) is 13.6 Å². The third-order valence-electron chi connectivity index (χ3n) is 2.40. The zero-order valence-corrected chi connectivity index (χ0v) is 10.1. The van der Waals surface area contributed by atoms with Crippen LogP contribution in [-0.2, 0) is 11.3 Å². The summed E-state index contributed by atoms with van der Waals surface area (Å²) in [6.45, 7) is 3.54. The fourth-order valence-corrected chi connectivity index (χ4v) is 1.35. The number of nitrogens with one attached hydrogen (secondary N) is 2. The van der Waals surface area contributed by atoms with Gasteiger partial charge in [0.2, 0.25) is 5.91 Å². The average molecular weight is 242 g/mol. The van der Waals surface area contributed by atoms with Gasteiger partial charge >= 0.3 is 0 Å². The minimum Gasteiger partial charge on any atom is -0.383 e. The van der Waals surface area contributed by atoms with Crippen molar-refractivity contribution in [1.29, 1.82) is 0 Å². The van der Waals surface area contributed by atoms with E-state index in [1.165, 1.54) is 19.2 Å². The third-order valence-corrected chi connectivity index (χ3v) is 2.40. The summed E-state index contributed by atoms with van der Waals surface area (Å²) in [6, 6.07) is 2.50. The van der Waals surface area contributed by atoms with Crippen LogP contribution in [0.4, 0.5) is 14.5 Å². The van der Waals surface area contributed by atoms with Crippen LogP contribution in [0.25, 0.3) is 0 Å². The largest absolute Gasteiger partial charge is 0.383 e. The number of halogens is 2. The van der Waals surface area contributed by atoms with Crippen molar-refractivity contribution in [3.05, 3.63) is 29.3 Å². The Bertz CT molecular complexity index is 419. The smallest absolute Gasteiger partial charge is 0.222 e. The fraction of sp³-hybridized carbons (Fsp3) is 0.417. The minimum absolute atomic E-state index is 0.0534. The molecule has 0 bridgehead atoms. The van der Waals surface area contributed by atoms with E-state index < -0.39 is 11.6 Å². The Morgan fingerprint density at radius 1 is 1.35 bits per heavy atom. The van der Waals surface area contributed by atoms with E-state index >= 15 is 0 Å². The highest BCUT2D eigenvalue weighted by Gasteiger charge is 2.13. The van der Waals surface area contributed by atoms with E-state index in [4.69, 9.17) is 0 Å². The molecule has 2 N–H and O–H groups in total. The quantitative estimate of drug-likeness (QED) is 0.850. The molecule has 0 atom stereocenters. The van der Waals surface area contributed by atoms with Gasteiger partial charge in [-0.1, -0.05) is 19.9 Å². The summed E-state index contributed by atoms with van der Waals surface area (Å²) in [4.78, 5) is 11.3. The van der Waals surface area contributed by atoms with Crippen LogP contribution < -0.4 is 10.6 Å². The molecule has 17 heavy (non-hydrogen) atoms. The number of hydrogen-bond donors (Lipinski definition) is 2. The van der Waals surface area contributed by atoms with Crippen molar-refractivity contribution in [3.8, 4) is 0 Å². The predicted molar refractivity (Wildman–Crippen MR) is 62.6 cm³/mol. The molecule has 0 saturated carbocycles. The molecule has 1 aromatic carbocycles. The maximum absolute atomic E-state index is 13.7. The van der Waals surface area contributed by atoms with Gasteiger partial charge < -0.3 is 10.6 Å². The van der Waals surface area contributed by atoms with Crippen molar-refractivity contribution in [2.45, 2.75) is 20.4 Å². The Balaban J connectivity index is 2.82. The summed E-state index contributed by atoms with van der Waals surface area (Å²) in [5.41, 5.74) is 0.0750. The molecule has 0 fully saturated rings. The first-order chi connectivity index (χ1) is 7.97. The summed E-state index contributed by atoms with van der Waals surface area (Å²) in [5.74, 6) is -1.65. The van der Waals surface area contributed by atoms with E-state index in [1.807, 2.05) is 0 Å². The lowest BCUT2D eigenvalue weighted by Crippen LogP contribution is -2.27. The number of benzene rings is 1. The Labute approximate surface area is 99.2 Å². The van der Waals surface area contributed by atoms with Crippen LogP contribution in [0.15, 0.2) is 12.1 Å². The maximum Gasteiger partial charge on any atom is 0.222 e. The van der Waals surface area contributed by atoms with Crippen LogP contribution in [0.2, 0.25) is 0 Å². The van der Waals surface area contributed by atoms with Gasteiger partial charge in [-0.25, -0.2) is 8.78 Å². The van der Waals surface area contributed by atoms with Gasteiger partial charge in [-0.05, 0) is 6.07 Å². The third kappa shape index (κ3) is 3.15. The molecule has 0 aliphatic heterocycles. The lowest BCUT2D eigenvalue weighted by atomic mass is 10.1. The van der Waals surface area contributed by atoms with Crippen molar-refractivity contribution in [2.24, 2.45) is 5.92 Å². The second-order valence-electron chi connectivity index (χ2n) is 4.02. The summed E-state index contributed by atoms with van der Waals surface area (Å²) in [5, 5.41) is 5.03. The van der Waals surface area contributed by atoms with Gasteiger partial charge in [0.1, 0.15) is 11.5 Å². The molecular weight excluding hydrogens is 226 g/mol. The van der Waals surface area contributed by atoms with Crippen LogP contribution in [-0.4, -0.2) is 13.0 Å². The molecule has 0 heterocycles. The van der Waals surface area contributed by atoms with E-state index in [-0.39, 0.29) is 29.6 Å². The molecule has 1 amide bonds. The molecule has 0 aromatic heterocycles. The molecule has 0 aliphatic rings. The lowest BCUT2D eigenvalue weighted by molar-refractivity contribution is -0.124. The normalized spacial score (nSPS) is 10.5. The van der Waals surface area contributed by atoms with Crippen molar-refractivity contribution in [3.63, 3.8) is 0 Å². The van der Waals surface area contributed by atoms with E-state index in [2.05, 4.69) is 10.6 Å². The Hall–Kier alpha value is -1.65. The standard InChI is InChI=1S/C12H16F2N2O/c1-7(2)12(17)16-6-8-4-5-9(13)11(15-3)10(8)14/h4-5,7,15H,6H2,1-3H3,(H,16,17). The molecule has 0 saturated heterocycles. The second kappa shape index (κ2) is 5.61. The minimum atomic E-state index is -0.670. The number of amides is 1. The van der Waals surface area contributed by atoms with Crippen LogP contribution >= 0.6 is 0 Å². The Morgan fingerprint density at radius 3 is 2.53 bits per heavy atom. The van der Waals surface area contributed by atoms with Crippen LogP contribution in [0, 0.1) is 17.6 Å². The topological polar surface area (TPSA) is 41.1 Å². The Morgan fingerprint density at radius 2 is 2.00 bits per heavy atom. The molecule has 5 heteroatoms. The first-order valence-corrected chi connectivity index (χ1v) is 5.39. The van der Waals surface area contributed by atoms with Crippen molar-refractivity contribution in [2.75, 3.05) is 12.4 Å². The Kier molecular flexibility index (Phi) is 4.43. The highest BCUT2D eigenvalue weighted by molar-refractivity contribution is 5.77. The number of hydrogen-bond acceptors (Lipinski definition) is 2. The average Bonchev–Trinajstić information content (AvgIpc) is 2.28. The summed E-state index contributed by atoms with van der Waals surface area (Å²) in [7, 11) is 1.44. The second-order valence-corrected chi connectivity index (χ2v) is 4.02. The number of carbonyl (C=O) groups is 1. The molecule has 1 rings (SSSR count). The monoisotopic (exact) mass is 242 g/mol. The van der Waals surface area contributed by atoms with E-state index in [0.29, 0.717) is 0 Å². The van der Waals surface area contributed by atoms with Gasteiger partial charge in [-0.3, -0.25) is 4.79 Å². The first kappa shape index (κ1) is 13.4. The maximum atomic E-state index is 13.7. The number of carbonyl (C=O) groups excluding carboxylic acids is 1. The highest BCUT2D eigenvalue weighted by atomic mass is 19.1. The molecule has 0 radical (unpaired) electrons.